The lowest BCUT2D eigenvalue weighted by Crippen LogP contribution is -2.09. The third-order valence-corrected chi connectivity index (χ3v) is 0.881. The maximum Gasteiger partial charge on any atom is 0.134 e. The zero-order valence-corrected chi connectivity index (χ0v) is 5.81. The van der Waals surface area contributed by atoms with Crippen molar-refractivity contribution in [2.24, 2.45) is 10.7 Å². The molecule has 0 aliphatic rings. The molecule has 0 aromatic carbocycles. The largest absolute Gasteiger partial charge is 0.383 e. The molecule has 50 valence electrons. The maximum atomic E-state index is 6.71. The highest BCUT2D eigenvalue weighted by molar-refractivity contribution is 6.33. The average Bonchev–Trinajstić information content (AvgIpc) is 1.83. The summed E-state index contributed by atoms with van der Waals surface area (Å²) >= 11 is 5.42. The molecular weight excluding hydrogens is 138 g/mol. The summed E-state index contributed by atoms with van der Waals surface area (Å²) in [5, 5.41) is 7.04. The van der Waals surface area contributed by atoms with Gasteiger partial charge in [0.05, 0.1) is 6.21 Å². The summed E-state index contributed by atoms with van der Waals surface area (Å²) in [6.07, 6.45) is 2.79. The molecule has 0 unspecified atom stereocenters. The molecule has 0 bridgehead atoms. The van der Waals surface area contributed by atoms with E-state index in [4.69, 9.17) is 22.7 Å². The van der Waals surface area contributed by atoms with Crippen LogP contribution in [0.5, 0.6) is 0 Å². The van der Waals surface area contributed by atoms with Gasteiger partial charge < -0.3 is 5.73 Å². The second-order valence-electron chi connectivity index (χ2n) is 1.32. The van der Waals surface area contributed by atoms with Crippen LogP contribution in [0.3, 0.4) is 0 Å². The standard InChI is InChI=1S/C5H8ClN3/c1-2-4(6)9-3-5(7)8/h2-3H,1H3,(H3,7,8)/b4-2-,9-3-. The predicted octanol–water partition coefficient (Wildman–Crippen LogP) is 1.09. The molecule has 3 N–H and O–H groups in total. The second-order valence-corrected chi connectivity index (χ2v) is 1.71. The van der Waals surface area contributed by atoms with Gasteiger partial charge in [0.1, 0.15) is 11.0 Å². The quantitative estimate of drug-likeness (QED) is 0.341. The number of nitrogens with one attached hydrogen (secondary N) is 1. The van der Waals surface area contributed by atoms with E-state index in [-0.39, 0.29) is 5.84 Å². The van der Waals surface area contributed by atoms with Gasteiger partial charge in [-0.15, -0.1) is 0 Å². The van der Waals surface area contributed by atoms with Gasteiger partial charge in [0.2, 0.25) is 0 Å². The molecule has 0 aliphatic heterocycles. The Morgan fingerprint density at radius 1 is 1.78 bits per heavy atom. The summed E-state index contributed by atoms with van der Waals surface area (Å²) in [7, 11) is 0. The minimum atomic E-state index is -0.102. The predicted molar refractivity (Wildman–Crippen MR) is 40.0 cm³/mol. The first-order valence-corrected chi connectivity index (χ1v) is 2.74. The minimum Gasteiger partial charge on any atom is -0.383 e. The highest BCUT2D eigenvalue weighted by atomic mass is 35.5. The molecule has 4 heteroatoms. The lowest BCUT2D eigenvalue weighted by atomic mass is 10.6. The molecule has 0 radical (unpaired) electrons. The van der Waals surface area contributed by atoms with Crippen LogP contribution in [0.25, 0.3) is 0 Å². The fourth-order valence-electron chi connectivity index (χ4n) is 0.206. The van der Waals surface area contributed by atoms with E-state index in [2.05, 4.69) is 4.99 Å². The first-order chi connectivity index (χ1) is 4.16. The SMILES string of the molecule is C/C=C(Cl)\N=C/C(=N)N. The van der Waals surface area contributed by atoms with Crippen LogP contribution in [-0.4, -0.2) is 12.1 Å². The van der Waals surface area contributed by atoms with Crippen LogP contribution < -0.4 is 5.73 Å². The van der Waals surface area contributed by atoms with Gasteiger partial charge in [0, 0.05) is 0 Å². The molecule has 0 rings (SSSR count). The fraction of sp³-hybridized carbons (Fsp3) is 0.200. The van der Waals surface area contributed by atoms with Crippen molar-refractivity contribution in [1.29, 1.82) is 5.41 Å². The summed E-state index contributed by atoms with van der Waals surface area (Å²) in [4.78, 5) is 3.59. The van der Waals surface area contributed by atoms with Crippen LogP contribution in [0.2, 0.25) is 0 Å². The molecule has 0 fully saturated rings. The van der Waals surface area contributed by atoms with Crippen LogP contribution in [0.15, 0.2) is 16.2 Å². The first kappa shape index (κ1) is 8.17. The van der Waals surface area contributed by atoms with Gasteiger partial charge in [-0.3, -0.25) is 5.41 Å². The number of hydrogen-bond acceptors (Lipinski definition) is 2. The molecule has 0 spiro atoms. The van der Waals surface area contributed by atoms with Crippen LogP contribution in [0.1, 0.15) is 6.92 Å². The third-order valence-electron chi connectivity index (χ3n) is 0.565. The van der Waals surface area contributed by atoms with Crippen molar-refractivity contribution in [3.63, 3.8) is 0 Å². The van der Waals surface area contributed by atoms with Crippen LogP contribution in [0, 0.1) is 5.41 Å². The minimum absolute atomic E-state index is 0.102. The summed E-state index contributed by atoms with van der Waals surface area (Å²) in [6, 6.07) is 0. The molecule has 0 amide bonds. The lowest BCUT2D eigenvalue weighted by molar-refractivity contribution is 1.46. The Morgan fingerprint density at radius 2 is 2.33 bits per heavy atom. The van der Waals surface area contributed by atoms with E-state index in [1.54, 1.807) is 13.0 Å². The van der Waals surface area contributed by atoms with E-state index in [0.717, 1.165) is 0 Å². The van der Waals surface area contributed by atoms with Crippen molar-refractivity contribution in [2.45, 2.75) is 6.92 Å². The number of nitrogens with zero attached hydrogens (tertiary/aromatic N) is 1. The van der Waals surface area contributed by atoms with E-state index in [9.17, 15) is 0 Å². The molecule has 0 aliphatic carbocycles. The number of amidine groups is 1. The molecule has 0 heterocycles. The highest BCUT2D eigenvalue weighted by Gasteiger charge is 1.80. The monoisotopic (exact) mass is 145 g/mol. The number of halogens is 1. The molecule has 0 aromatic heterocycles. The Morgan fingerprint density at radius 3 is 2.67 bits per heavy atom. The van der Waals surface area contributed by atoms with Crippen molar-refractivity contribution < 1.29 is 0 Å². The molecule has 0 atom stereocenters. The Hall–Kier alpha value is -0.830. The molecule has 0 saturated carbocycles. The third kappa shape index (κ3) is 5.03. The van der Waals surface area contributed by atoms with Gasteiger partial charge in [-0.1, -0.05) is 17.7 Å². The van der Waals surface area contributed by atoms with Crippen molar-refractivity contribution in [1.82, 2.24) is 0 Å². The number of nitrogens with two attached hydrogens (primary N) is 1. The van der Waals surface area contributed by atoms with Gasteiger partial charge in [0.25, 0.3) is 0 Å². The zero-order valence-electron chi connectivity index (χ0n) is 5.06. The lowest BCUT2D eigenvalue weighted by Gasteiger charge is -1.83. The second kappa shape index (κ2) is 4.09. The van der Waals surface area contributed by atoms with E-state index in [0.29, 0.717) is 5.16 Å². The Kier molecular flexibility index (Phi) is 3.71. The van der Waals surface area contributed by atoms with Crippen LogP contribution in [0.4, 0.5) is 0 Å². The summed E-state index contributed by atoms with van der Waals surface area (Å²) in [6.45, 7) is 1.75. The van der Waals surface area contributed by atoms with Gasteiger partial charge in [-0.25, -0.2) is 4.99 Å². The van der Waals surface area contributed by atoms with Gasteiger partial charge in [0.15, 0.2) is 0 Å². The molecule has 3 nitrogen and oxygen atoms in total. The Balaban J connectivity index is 3.86. The fourth-order valence-corrected chi connectivity index (χ4v) is 0.255. The number of rotatable bonds is 2. The van der Waals surface area contributed by atoms with E-state index < -0.39 is 0 Å². The number of aliphatic imine (C=N–C) groups is 1. The molecular formula is C5H8ClN3. The molecule has 9 heavy (non-hydrogen) atoms. The van der Waals surface area contributed by atoms with E-state index >= 15 is 0 Å². The van der Waals surface area contributed by atoms with Crippen molar-refractivity contribution in [2.75, 3.05) is 0 Å². The zero-order chi connectivity index (χ0) is 7.28. The van der Waals surface area contributed by atoms with E-state index in [1.165, 1.54) is 6.21 Å². The first-order valence-electron chi connectivity index (χ1n) is 2.36. The summed E-state index contributed by atoms with van der Waals surface area (Å²) in [5.41, 5.74) is 4.94. The van der Waals surface area contributed by atoms with E-state index in [1.807, 2.05) is 0 Å². The van der Waals surface area contributed by atoms with Gasteiger partial charge in [-0.05, 0) is 6.92 Å². The van der Waals surface area contributed by atoms with Crippen molar-refractivity contribution in [3.05, 3.63) is 11.2 Å². The van der Waals surface area contributed by atoms with Crippen molar-refractivity contribution in [3.8, 4) is 0 Å². The Labute approximate surface area is 58.7 Å². The highest BCUT2D eigenvalue weighted by Crippen LogP contribution is 1.99. The summed E-state index contributed by atoms with van der Waals surface area (Å²) < 4.78 is 0. The normalized spacial score (nSPS) is 12.4. The topological polar surface area (TPSA) is 62.2 Å². The Bertz CT molecular complexity index is 160. The van der Waals surface area contributed by atoms with Crippen molar-refractivity contribution >= 4 is 23.7 Å². The summed E-state index contributed by atoms with van der Waals surface area (Å²) in [5.74, 6) is -0.102. The average molecular weight is 146 g/mol. The van der Waals surface area contributed by atoms with Gasteiger partial charge >= 0.3 is 0 Å². The molecule has 0 aromatic rings. The maximum absolute atomic E-state index is 6.71. The van der Waals surface area contributed by atoms with Gasteiger partial charge in [-0.2, -0.15) is 0 Å². The number of hydrogen-bond donors (Lipinski definition) is 2. The smallest absolute Gasteiger partial charge is 0.134 e. The van der Waals surface area contributed by atoms with Crippen LogP contribution in [-0.2, 0) is 0 Å². The number of allylic oxidation sites excluding steroid dienone is 1. The molecule has 0 saturated heterocycles. The van der Waals surface area contributed by atoms with Crippen LogP contribution >= 0.6 is 11.6 Å².